The molecule has 1 heterocycles. The van der Waals surface area contributed by atoms with Crippen molar-refractivity contribution in [2.24, 2.45) is 0 Å². The Hall–Kier alpha value is -1.61. The lowest BCUT2D eigenvalue weighted by molar-refractivity contribution is 0.198. The third-order valence-corrected chi connectivity index (χ3v) is 4.73. The molecule has 2 unspecified atom stereocenters. The molecule has 0 saturated heterocycles. The van der Waals surface area contributed by atoms with Crippen molar-refractivity contribution in [3.8, 4) is 11.5 Å². The summed E-state index contributed by atoms with van der Waals surface area (Å²) in [6.07, 6.45) is 1.09. The number of thioether (sulfide) groups is 1. The Morgan fingerprint density at radius 1 is 1.16 bits per heavy atom. The van der Waals surface area contributed by atoms with Crippen molar-refractivity contribution in [2.45, 2.75) is 29.6 Å². The second-order valence-corrected chi connectivity index (χ2v) is 6.10. The molecule has 1 aliphatic heterocycles. The summed E-state index contributed by atoms with van der Waals surface area (Å²) >= 11 is 1.84. The number of fused-ring (bicyclic) bond motifs is 1. The number of phenols is 1. The minimum Gasteiger partial charge on any atom is -0.508 e. The Morgan fingerprint density at radius 2 is 1.95 bits per heavy atom. The maximum absolute atomic E-state index is 9.57. The zero-order valence-corrected chi connectivity index (χ0v) is 11.6. The van der Waals surface area contributed by atoms with Crippen LogP contribution in [0.5, 0.6) is 11.5 Å². The monoisotopic (exact) mass is 272 g/mol. The van der Waals surface area contributed by atoms with Gasteiger partial charge in [-0.2, -0.15) is 0 Å². The fourth-order valence-electron chi connectivity index (χ4n) is 2.31. The number of hydrogen-bond donors (Lipinski definition) is 1. The molecule has 2 aromatic carbocycles. The smallest absolute Gasteiger partial charge is 0.123 e. The van der Waals surface area contributed by atoms with Crippen LogP contribution in [0.15, 0.2) is 53.4 Å². The summed E-state index contributed by atoms with van der Waals surface area (Å²) in [5.74, 6) is 1.20. The minimum atomic E-state index is 0.169. The Labute approximate surface area is 117 Å². The number of benzene rings is 2. The maximum Gasteiger partial charge on any atom is 0.123 e. The van der Waals surface area contributed by atoms with Crippen molar-refractivity contribution < 1.29 is 9.84 Å². The van der Waals surface area contributed by atoms with Crippen molar-refractivity contribution >= 4 is 11.8 Å². The van der Waals surface area contributed by atoms with Gasteiger partial charge in [0.2, 0.25) is 0 Å². The van der Waals surface area contributed by atoms with Crippen LogP contribution in [0.1, 0.15) is 12.5 Å². The first-order valence-corrected chi connectivity index (χ1v) is 7.30. The minimum absolute atomic E-state index is 0.169. The van der Waals surface area contributed by atoms with E-state index in [0.29, 0.717) is 11.0 Å². The summed E-state index contributed by atoms with van der Waals surface area (Å²) in [5, 5.41) is 9.94. The Morgan fingerprint density at radius 3 is 2.74 bits per heavy atom. The van der Waals surface area contributed by atoms with Crippen LogP contribution < -0.4 is 4.74 Å². The third kappa shape index (κ3) is 2.71. The highest BCUT2D eigenvalue weighted by atomic mass is 32.2. The predicted molar refractivity (Wildman–Crippen MR) is 78.0 cm³/mol. The van der Waals surface area contributed by atoms with Crippen LogP contribution in [0, 0.1) is 0 Å². The molecule has 0 saturated carbocycles. The van der Waals surface area contributed by atoms with Gasteiger partial charge < -0.3 is 9.84 Å². The van der Waals surface area contributed by atoms with Gasteiger partial charge in [0.25, 0.3) is 0 Å². The molecule has 2 aromatic rings. The zero-order chi connectivity index (χ0) is 13.2. The summed E-state index contributed by atoms with van der Waals surface area (Å²) in [6.45, 7) is 2.11. The second kappa shape index (κ2) is 5.17. The molecule has 0 aromatic heterocycles. The van der Waals surface area contributed by atoms with Crippen LogP contribution in [-0.4, -0.2) is 16.5 Å². The van der Waals surface area contributed by atoms with Crippen LogP contribution in [-0.2, 0) is 6.42 Å². The number of hydrogen-bond acceptors (Lipinski definition) is 3. The van der Waals surface area contributed by atoms with E-state index in [1.165, 1.54) is 4.90 Å². The number of phenolic OH excluding ortho intramolecular Hbond substituents is 1. The van der Waals surface area contributed by atoms with Crippen LogP contribution in [0.4, 0.5) is 0 Å². The topological polar surface area (TPSA) is 29.5 Å². The van der Waals surface area contributed by atoms with Gasteiger partial charge in [-0.1, -0.05) is 18.2 Å². The van der Waals surface area contributed by atoms with Crippen LogP contribution >= 0.6 is 11.8 Å². The van der Waals surface area contributed by atoms with E-state index in [1.807, 2.05) is 23.9 Å². The molecule has 2 nitrogen and oxygen atoms in total. The first kappa shape index (κ1) is 12.4. The molecule has 0 fully saturated rings. The summed E-state index contributed by atoms with van der Waals surface area (Å²) < 4.78 is 5.94. The van der Waals surface area contributed by atoms with Gasteiger partial charge in [-0.15, -0.1) is 11.8 Å². The first-order chi connectivity index (χ1) is 9.22. The van der Waals surface area contributed by atoms with Gasteiger partial charge in [0.1, 0.15) is 17.6 Å². The van der Waals surface area contributed by atoms with E-state index in [-0.39, 0.29) is 6.10 Å². The molecule has 0 bridgehead atoms. The lowest BCUT2D eigenvalue weighted by Gasteiger charge is -2.31. The SMILES string of the molecule is CC1Oc2ccc(O)cc2CC1Sc1ccccc1. The maximum atomic E-state index is 9.57. The molecule has 3 rings (SSSR count). The van der Waals surface area contributed by atoms with Crippen molar-refractivity contribution in [2.75, 3.05) is 0 Å². The fraction of sp³-hybridized carbons (Fsp3) is 0.250. The molecular formula is C16H16O2S. The molecule has 19 heavy (non-hydrogen) atoms. The molecule has 1 aliphatic rings. The summed E-state index contributed by atoms with van der Waals surface area (Å²) in [4.78, 5) is 1.26. The van der Waals surface area contributed by atoms with E-state index in [9.17, 15) is 5.11 Å². The lowest BCUT2D eigenvalue weighted by atomic mass is 10.0. The predicted octanol–water partition coefficient (Wildman–Crippen LogP) is 3.88. The zero-order valence-electron chi connectivity index (χ0n) is 10.7. The fourth-order valence-corrected chi connectivity index (χ4v) is 3.48. The molecule has 2 atom stereocenters. The molecule has 0 amide bonds. The van der Waals surface area contributed by atoms with E-state index >= 15 is 0 Å². The number of rotatable bonds is 2. The Balaban J connectivity index is 1.81. The van der Waals surface area contributed by atoms with Crippen molar-refractivity contribution in [3.05, 3.63) is 54.1 Å². The molecule has 0 aliphatic carbocycles. The van der Waals surface area contributed by atoms with Crippen LogP contribution in [0.3, 0.4) is 0 Å². The molecule has 98 valence electrons. The summed E-state index contributed by atoms with van der Waals surface area (Å²) in [7, 11) is 0. The van der Waals surface area contributed by atoms with Gasteiger partial charge >= 0.3 is 0 Å². The highest BCUT2D eigenvalue weighted by Gasteiger charge is 2.27. The Kier molecular flexibility index (Phi) is 3.38. The average Bonchev–Trinajstić information content (AvgIpc) is 2.41. The van der Waals surface area contributed by atoms with Gasteiger partial charge in [-0.3, -0.25) is 0 Å². The van der Waals surface area contributed by atoms with Gasteiger partial charge in [-0.25, -0.2) is 0 Å². The normalized spacial score (nSPS) is 21.5. The highest BCUT2D eigenvalue weighted by molar-refractivity contribution is 8.00. The highest BCUT2D eigenvalue weighted by Crippen LogP contribution is 2.37. The van der Waals surface area contributed by atoms with Gasteiger partial charge in [0.05, 0.1) is 5.25 Å². The molecular weight excluding hydrogens is 256 g/mol. The second-order valence-electron chi connectivity index (χ2n) is 4.79. The molecule has 1 N–H and O–H groups in total. The van der Waals surface area contributed by atoms with Gasteiger partial charge in [0.15, 0.2) is 0 Å². The van der Waals surface area contributed by atoms with E-state index < -0.39 is 0 Å². The van der Waals surface area contributed by atoms with E-state index in [4.69, 9.17) is 4.74 Å². The third-order valence-electron chi connectivity index (χ3n) is 3.33. The van der Waals surface area contributed by atoms with Crippen molar-refractivity contribution in [1.82, 2.24) is 0 Å². The van der Waals surface area contributed by atoms with E-state index in [2.05, 4.69) is 31.2 Å². The quantitative estimate of drug-likeness (QED) is 0.899. The first-order valence-electron chi connectivity index (χ1n) is 6.42. The van der Waals surface area contributed by atoms with Crippen molar-refractivity contribution in [3.63, 3.8) is 0 Å². The van der Waals surface area contributed by atoms with Gasteiger partial charge in [0, 0.05) is 4.90 Å². The van der Waals surface area contributed by atoms with Crippen molar-refractivity contribution in [1.29, 1.82) is 0 Å². The van der Waals surface area contributed by atoms with Crippen LogP contribution in [0.25, 0.3) is 0 Å². The average molecular weight is 272 g/mol. The largest absolute Gasteiger partial charge is 0.508 e. The summed E-state index contributed by atoms with van der Waals surface area (Å²) in [6, 6.07) is 15.7. The molecule has 0 radical (unpaired) electrons. The van der Waals surface area contributed by atoms with Gasteiger partial charge in [-0.05, 0) is 49.2 Å². The number of ether oxygens (including phenoxy) is 1. The number of aromatic hydroxyl groups is 1. The Bertz CT molecular complexity index is 568. The van der Waals surface area contributed by atoms with Crippen LogP contribution in [0.2, 0.25) is 0 Å². The standard InChI is InChI=1S/C16H16O2S/c1-11-16(19-14-5-3-2-4-6-14)10-12-9-13(17)7-8-15(12)18-11/h2-9,11,16-17H,10H2,1H3. The lowest BCUT2D eigenvalue weighted by Crippen LogP contribution is -2.32. The summed E-state index contributed by atoms with van der Waals surface area (Å²) in [5.41, 5.74) is 1.09. The van der Waals surface area contributed by atoms with E-state index in [1.54, 1.807) is 12.1 Å². The van der Waals surface area contributed by atoms with E-state index in [0.717, 1.165) is 17.7 Å². The molecule has 0 spiro atoms. The molecule has 3 heteroatoms.